The molecule has 1 aliphatic rings. The fraction of sp³-hybridized carbons (Fsp3) is 0.696. The van der Waals surface area contributed by atoms with Crippen LogP contribution in [-0.2, 0) is 4.79 Å². The molecule has 1 N–H and O–H groups in total. The van der Waals surface area contributed by atoms with Crippen LogP contribution in [0.5, 0.6) is 0 Å². The third-order valence-corrected chi connectivity index (χ3v) is 5.71. The first kappa shape index (κ1) is 21.7. The minimum absolute atomic E-state index is 0.208. The van der Waals surface area contributed by atoms with Gasteiger partial charge in [0.05, 0.1) is 0 Å². The highest BCUT2D eigenvalue weighted by Crippen LogP contribution is 2.18. The molecule has 0 radical (unpaired) electrons. The van der Waals surface area contributed by atoms with Crippen molar-refractivity contribution in [1.82, 2.24) is 10.2 Å². The van der Waals surface area contributed by atoms with Gasteiger partial charge in [0, 0.05) is 44.3 Å². The Balaban J connectivity index is 1.57. The third kappa shape index (κ3) is 7.53. The first-order valence-electron chi connectivity index (χ1n) is 11.0. The lowest BCUT2D eigenvalue weighted by Gasteiger charge is -2.36. The number of benzene rings is 1. The molecule has 4 nitrogen and oxygen atoms in total. The zero-order chi connectivity index (χ0) is 19.5. The second-order valence-electron chi connectivity index (χ2n) is 7.91. The van der Waals surface area contributed by atoms with Crippen molar-refractivity contribution in [3.05, 3.63) is 29.8 Å². The van der Waals surface area contributed by atoms with Crippen molar-refractivity contribution in [1.29, 1.82) is 0 Å². The van der Waals surface area contributed by atoms with Gasteiger partial charge in [0.1, 0.15) is 0 Å². The van der Waals surface area contributed by atoms with Crippen molar-refractivity contribution in [3.63, 3.8) is 0 Å². The molecule has 1 aliphatic heterocycles. The zero-order valence-electron chi connectivity index (χ0n) is 17.7. The molecular weight excluding hydrogens is 334 g/mol. The molecular formula is C23H39N3O. The van der Waals surface area contributed by atoms with Gasteiger partial charge in [-0.25, -0.2) is 0 Å². The molecule has 1 aromatic carbocycles. The van der Waals surface area contributed by atoms with Gasteiger partial charge < -0.3 is 10.2 Å². The number of nitrogens with one attached hydrogen (secondary N) is 1. The quantitative estimate of drug-likeness (QED) is 0.590. The second kappa shape index (κ2) is 12.0. The van der Waals surface area contributed by atoms with Gasteiger partial charge in [0.25, 0.3) is 0 Å². The van der Waals surface area contributed by atoms with E-state index in [0.29, 0.717) is 0 Å². The lowest BCUT2D eigenvalue weighted by molar-refractivity contribution is -0.125. The van der Waals surface area contributed by atoms with Crippen molar-refractivity contribution in [2.45, 2.75) is 59.3 Å². The number of aryl methyl sites for hydroxylation is 1. The third-order valence-electron chi connectivity index (χ3n) is 5.71. The Morgan fingerprint density at radius 1 is 1.11 bits per heavy atom. The molecule has 1 saturated heterocycles. The van der Waals surface area contributed by atoms with Gasteiger partial charge in [-0.05, 0) is 56.8 Å². The number of carbonyl (C=O) groups excluding carboxylic acids is 1. The fourth-order valence-corrected chi connectivity index (χ4v) is 3.84. The van der Waals surface area contributed by atoms with Gasteiger partial charge in [-0.3, -0.25) is 9.69 Å². The van der Waals surface area contributed by atoms with Gasteiger partial charge in [-0.2, -0.15) is 0 Å². The van der Waals surface area contributed by atoms with Crippen LogP contribution in [0.4, 0.5) is 5.69 Å². The van der Waals surface area contributed by atoms with E-state index in [1.54, 1.807) is 0 Å². The molecule has 152 valence electrons. The Kier molecular flexibility index (Phi) is 9.68. The molecule has 1 fully saturated rings. The molecule has 1 aromatic rings. The van der Waals surface area contributed by atoms with Crippen LogP contribution in [0, 0.1) is 12.8 Å². The molecule has 2 rings (SSSR count). The molecule has 0 aromatic heterocycles. The van der Waals surface area contributed by atoms with Crippen molar-refractivity contribution >= 4 is 11.6 Å². The van der Waals surface area contributed by atoms with Gasteiger partial charge in [-0.1, -0.05) is 38.8 Å². The Morgan fingerprint density at radius 2 is 1.89 bits per heavy atom. The number of piperazine rings is 1. The van der Waals surface area contributed by atoms with Crippen molar-refractivity contribution in [2.75, 3.05) is 44.2 Å². The summed E-state index contributed by atoms with van der Waals surface area (Å²) < 4.78 is 0. The van der Waals surface area contributed by atoms with Crippen LogP contribution in [-0.4, -0.2) is 50.1 Å². The maximum atomic E-state index is 12.2. The molecule has 0 spiro atoms. The first-order valence-corrected chi connectivity index (χ1v) is 11.0. The summed E-state index contributed by atoms with van der Waals surface area (Å²) in [6, 6.07) is 8.81. The van der Waals surface area contributed by atoms with Crippen LogP contribution in [0.2, 0.25) is 0 Å². The van der Waals surface area contributed by atoms with Crippen molar-refractivity contribution in [2.24, 2.45) is 5.92 Å². The number of amides is 1. The van der Waals surface area contributed by atoms with Crippen LogP contribution < -0.4 is 10.2 Å². The maximum Gasteiger partial charge on any atom is 0.223 e. The maximum absolute atomic E-state index is 12.2. The normalized spacial score (nSPS) is 16.3. The van der Waals surface area contributed by atoms with E-state index in [1.807, 2.05) is 0 Å². The van der Waals surface area contributed by atoms with Crippen LogP contribution in [0.15, 0.2) is 24.3 Å². The minimum atomic E-state index is 0.208. The number of hydrogen-bond acceptors (Lipinski definition) is 3. The number of anilines is 1. The predicted octanol–water partition coefficient (Wildman–Crippen LogP) is 4.23. The number of carbonyl (C=O) groups is 1. The Bertz CT molecular complexity index is 552. The number of hydrogen-bond donors (Lipinski definition) is 1. The Labute approximate surface area is 166 Å². The molecule has 4 heteroatoms. The smallest absolute Gasteiger partial charge is 0.223 e. The summed E-state index contributed by atoms with van der Waals surface area (Å²) >= 11 is 0. The largest absolute Gasteiger partial charge is 0.369 e. The predicted molar refractivity (Wildman–Crippen MR) is 115 cm³/mol. The average Bonchev–Trinajstić information content (AvgIpc) is 2.69. The summed E-state index contributed by atoms with van der Waals surface area (Å²) in [4.78, 5) is 17.3. The van der Waals surface area contributed by atoms with E-state index in [0.717, 1.165) is 71.4 Å². The molecule has 1 atom stereocenters. The second-order valence-corrected chi connectivity index (χ2v) is 7.91. The molecule has 27 heavy (non-hydrogen) atoms. The van der Waals surface area contributed by atoms with Crippen LogP contribution >= 0.6 is 0 Å². The molecule has 0 aliphatic carbocycles. The van der Waals surface area contributed by atoms with Gasteiger partial charge >= 0.3 is 0 Å². The van der Waals surface area contributed by atoms with Crippen molar-refractivity contribution in [3.8, 4) is 0 Å². The van der Waals surface area contributed by atoms with Gasteiger partial charge in [0.15, 0.2) is 0 Å². The SMILES string of the molecule is CCCCC(CC)C(=O)NCCCCN1CCN(c2cccc(C)c2)CC1. The van der Waals surface area contributed by atoms with E-state index in [4.69, 9.17) is 0 Å². The highest BCUT2D eigenvalue weighted by atomic mass is 16.1. The van der Waals surface area contributed by atoms with E-state index in [9.17, 15) is 4.79 Å². The Hall–Kier alpha value is -1.55. The van der Waals surface area contributed by atoms with E-state index in [-0.39, 0.29) is 11.8 Å². The van der Waals surface area contributed by atoms with Crippen LogP contribution in [0.3, 0.4) is 0 Å². The lowest BCUT2D eigenvalue weighted by Crippen LogP contribution is -2.46. The zero-order valence-corrected chi connectivity index (χ0v) is 17.7. The monoisotopic (exact) mass is 373 g/mol. The van der Waals surface area contributed by atoms with Crippen LogP contribution in [0.25, 0.3) is 0 Å². The summed E-state index contributed by atoms with van der Waals surface area (Å²) in [7, 11) is 0. The average molecular weight is 374 g/mol. The minimum Gasteiger partial charge on any atom is -0.369 e. The van der Waals surface area contributed by atoms with E-state index in [2.05, 4.69) is 60.2 Å². The lowest BCUT2D eigenvalue weighted by atomic mass is 9.98. The molecule has 0 saturated carbocycles. The van der Waals surface area contributed by atoms with Gasteiger partial charge in [-0.15, -0.1) is 0 Å². The summed E-state index contributed by atoms with van der Waals surface area (Å²) in [6.45, 7) is 12.9. The highest BCUT2D eigenvalue weighted by molar-refractivity contribution is 5.78. The molecule has 0 bridgehead atoms. The number of nitrogens with zero attached hydrogens (tertiary/aromatic N) is 2. The van der Waals surface area contributed by atoms with E-state index >= 15 is 0 Å². The highest BCUT2D eigenvalue weighted by Gasteiger charge is 2.17. The summed E-state index contributed by atoms with van der Waals surface area (Å²) in [5.41, 5.74) is 2.68. The molecule has 1 unspecified atom stereocenters. The topological polar surface area (TPSA) is 35.6 Å². The fourth-order valence-electron chi connectivity index (χ4n) is 3.84. The van der Waals surface area contributed by atoms with E-state index < -0.39 is 0 Å². The number of rotatable bonds is 11. The molecule has 1 heterocycles. The molecule has 1 amide bonds. The summed E-state index contributed by atoms with van der Waals surface area (Å²) in [5, 5.41) is 3.15. The van der Waals surface area contributed by atoms with Crippen LogP contribution in [0.1, 0.15) is 57.9 Å². The standard InChI is InChI=1S/C23H39N3O/c1-4-6-11-21(5-2)23(27)24-13-7-8-14-25-15-17-26(18-16-25)22-12-9-10-20(3)19-22/h9-10,12,19,21H,4-8,11,13-18H2,1-3H3,(H,24,27). The summed E-state index contributed by atoms with van der Waals surface area (Å²) in [5.74, 6) is 0.470. The number of unbranched alkanes of at least 4 members (excludes halogenated alkanes) is 2. The Morgan fingerprint density at radius 3 is 2.56 bits per heavy atom. The first-order chi connectivity index (χ1) is 13.1. The van der Waals surface area contributed by atoms with Gasteiger partial charge in [0.2, 0.25) is 5.91 Å². The summed E-state index contributed by atoms with van der Waals surface area (Å²) in [6.07, 6.45) is 6.55. The van der Waals surface area contributed by atoms with E-state index in [1.165, 1.54) is 17.7 Å². The van der Waals surface area contributed by atoms with Crippen molar-refractivity contribution < 1.29 is 4.79 Å².